The lowest BCUT2D eigenvalue weighted by Gasteiger charge is -1.96. The lowest BCUT2D eigenvalue weighted by Crippen LogP contribution is -1.87. The third-order valence-corrected chi connectivity index (χ3v) is 1.60. The molecule has 0 saturated carbocycles. The number of rotatable bonds is 2. The lowest BCUT2D eigenvalue weighted by molar-refractivity contribution is -0.131. The van der Waals surface area contributed by atoms with Crippen molar-refractivity contribution in [2.75, 3.05) is 0 Å². The van der Waals surface area contributed by atoms with Gasteiger partial charge in [-0.05, 0) is 24.3 Å². The zero-order chi connectivity index (χ0) is 9.84. The molecule has 13 heavy (non-hydrogen) atoms. The Morgan fingerprint density at radius 3 is 2.85 bits per heavy atom. The smallest absolute Gasteiger partial charge is 0.328 e. The molecule has 1 aromatic rings. The van der Waals surface area contributed by atoms with Crippen LogP contribution in [-0.2, 0) is 4.79 Å². The molecule has 0 atom stereocenters. The molecule has 0 radical (unpaired) electrons. The minimum absolute atomic E-state index is 0.162. The van der Waals surface area contributed by atoms with Gasteiger partial charge in [-0.2, -0.15) is 0 Å². The molecule has 0 saturated heterocycles. The van der Waals surface area contributed by atoms with E-state index >= 15 is 0 Å². The standard InChI is InChI=1S/C9H6ClFO2/c10-7-2-3-8(11)6(5-7)1-4-9(12)13/h1-5H,(H,12,13). The molecule has 0 aromatic heterocycles. The summed E-state index contributed by atoms with van der Waals surface area (Å²) in [6, 6.07) is 3.94. The summed E-state index contributed by atoms with van der Waals surface area (Å²) in [6.07, 6.45) is 2.01. The van der Waals surface area contributed by atoms with Gasteiger partial charge in [-0.25, -0.2) is 9.18 Å². The van der Waals surface area contributed by atoms with Gasteiger partial charge in [-0.3, -0.25) is 0 Å². The van der Waals surface area contributed by atoms with Gasteiger partial charge in [0, 0.05) is 16.7 Å². The van der Waals surface area contributed by atoms with E-state index in [9.17, 15) is 9.18 Å². The number of carbonyl (C=O) groups is 1. The van der Waals surface area contributed by atoms with E-state index < -0.39 is 11.8 Å². The number of carboxylic acid groups (broad SMARTS) is 1. The van der Waals surface area contributed by atoms with E-state index in [-0.39, 0.29) is 5.56 Å². The first kappa shape index (κ1) is 9.74. The molecule has 0 fully saturated rings. The summed E-state index contributed by atoms with van der Waals surface area (Å²) in [5, 5.41) is 8.66. The number of benzene rings is 1. The summed E-state index contributed by atoms with van der Waals surface area (Å²) >= 11 is 5.58. The van der Waals surface area contributed by atoms with Crippen molar-refractivity contribution in [2.24, 2.45) is 0 Å². The third kappa shape index (κ3) is 2.87. The SMILES string of the molecule is O=C(O)C=Cc1cc(Cl)ccc1F. The van der Waals surface area contributed by atoms with Crippen LogP contribution >= 0.6 is 11.6 Å². The zero-order valence-electron chi connectivity index (χ0n) is 6.50. The average molecular weight is 201 g/mol. The molecule has 0 amide bonds. The predicted octanol–water partition coefficient (Wildman–Crippen LogP) is 2.58. The normalized spacial score (nSPS) is 10.6. The molecular weight excluding hydrogens is 195 g/mol. The summed E-state index contributed by atoms with van der Waals surface area (Å²) in [5.41, 5.74) is 0.162. The van der Waals surface area contributed by atoms with E-state index in [4.69, 9.17) is 16.7 Å². The van der Waals surface area contributed by atoms with Crippen LogP contribution in [0.25, 0.3) is 6.08 Å². The van der Waals surface area contributed by atoms with Crippen molar-refractivity contribution in [2.45, 2.75) is 0 Å². The van der Waals surface area contributed by atoms with Crippen LogP contribution in [0.4, 0.5) is 4.39 Å². The molecule has 0 aliphatic rings. The highest BCUT2D eigenvalue weighted by Gasteiger charge is 1.99. The molecule has 0 aliphatic carbocycles. The molecule has 0 unspecified atom stereocenters. The summed E-state index contributed by atoms with van der Waals surface area (Å²) in [4.78, 5) is 10.1. The first-order valence-electron chi connectivity index (χ1n) is 3.45. The first-order valence-corrected chi connectivity index (χ1v) is 3.83. The van der Waals surface area contributed by atoms with E-state index in [2.05, 4.69) is 0 Å². The van der Waals surface area contributed by atoms with Gasteiger partial charge in [0.25, 0.3) is 0 Å². The van der Waals surface area contributed by atoms with Gasteiger partial charge in [0.1, 0.15) is 5.82 Å². The van der Waals surface area contributed by atoms with Crippen LogP contribution in [-0.4, -0.2) is 11.1 Å². The van der Waals surface area contributed by atoms with E-state index in [0.717, 1.165) is 12.2 Å². The first-order chi connectivity index (χ1) is 6.09. The van der Waals surface area contributed by atoms with Crippen LogP contribution in [0, 0.1) is 5.82 Å². The Morgan fingerprint density at radius 1 is 1.54 bits per heavy atom. The molecule has 0 bridgehead atoms. The Morgan fingerprint density at radius 2 is 2.23 bits per heavy atom. The Labute approximate surface area is 79.3 Å². The molecule has 0 aliphatic heterocycles. The minimum Gasteiger partial charge on any atom is -0.478 e. The van der Waals surface area contributed by atoms with Gasteiger partial charge in [0.15, 0.2) is 0 Å². The molecule has 0 spiro atoms. The number of carboxylic acids is 1. The Bertz CT molecular complexity index is 361. The summed E-state index contributed by atoms with van der Waals surface area (Å²) in [7, 11) is 0. The fourth-order valence-corrected chi connectivity index (χ4v) is 0.984. The summed E-state index contributed by atoms with van der Waals surface area (Å²) in [5.74, 6) is -1.62. The van der Waals surface area contributed by atoms with Crippen LogP contribution in [0.2, 0.25) is 5.02 Å². The van der Waals surface area contributed by atoms with Crippen molar-refractivity contribution in [1.82, 2.24) is 0 Å². The zero-order valence-corrected chi connectivity index (χ0v) is 7.25. The van der Waals surface area contributed by atoms with Crippen molar-refractivity contribution in [1.29, 1.82) is 0 Å². The molecule has 2 nitrogen and oxygen atoms in total. The van der Waals surface area contributed by atoms with Gasteiger partial charge in [0.05, 0.1) is 0 Å². The van der Waals surface area contributed by atoms with Crippen LogP contribution in [0.15, 0.2) is 24.3 Å². The highest BCUT2D eigenvalue weighted by molar-refractivity contribution is 6.30. The average Bonchev–Trinajstić information content (AvgIpc) is 2.06. The summed E-state index contributed by atoms with van der Waals surface area (Å²) < 4.78 is 12.9. The second-order valence-electron chi connectivity index (χ2n) is 2.34. The number of hydrogen-bond donors (Lipinski definition) is 1. The van der Waals surface area contributed by atoms with Crippen molar-refractivity contribution in [3.05, 3.63) is 40.7 Å². The lowest BCUT2D eigenvalue weighted by atomic mass is 10.2. The molecule has 68 valence electrons. The number of aliphatic carboxylic acids is 1. The Balaban J connectivity index is 3.00. The predicted molar refractivity (Wildman–Crippen MR) is 48.1 cm³/mol. The molecule has 1 N–H and O–H groups in total. The van der Waals surface area contributed by atoms with Crippen LogP contribution in [0.3, 0.4) is 0 Å². The van der Waals surface area contributed by atoms with Crippen molar-refractivity contribution < 1.29 is 14.3 Å². The van der Waals surface area contributed by atoms with E-state index in [0.29, 0.717) is 5.02 Å². The topological polar surface area (TPSA) is 37.3 Å². The fraction of sp³-hybridized carbons (Fsp3) is 0. The van der Waals surface area contributed by atoms with Gasteiger partial charge in [-0.15, -0.1) is 0 Å². The monoisotopic (exact) mass is 200 g/mol. The van der Waals surface area contributed by atoms with Crippen molar-refractivity contribution >= 4 is 23.6 Å². The number of halogens is 2. The Kier molecular flexibility index (Phi) is 3.03. The second kappa shape index (κ2) is 4.05. The van der Waals surface area contributed by atoms with Gasteiger partial charge in [-0.1, -0.05) is 11.6 Å². The fourth-order valence-electron chi connectivity index (χ4n) is 0.803. The molecule has 1 rings (SSSR count). The van der Waals surface area contributed by atoms with E-state index in [1.54, 1.807) is 0 Å². The summed E-state index contributed by atoms with van der Waals surface area (Å²) in [6.45, 7) is 0. The maximum absolute atomic E-state index is 12.9. The molecule has 1 aromatic carbocycles. The molecule has 0 heterocycles. The second-order valence-corrected chi connectivity index (χ2v) is 2.77. The maximum atomic E-state index is 12.9. The molecule has 4 heteroatoms. The largest absolute Gasteiger partial charge is 0.478 e. The minimum atomic E-state index is -1.13. The van der Waals surface area contributed by atoms with Crippen LogP contribution < -0.4 is 0 Å². The van der Waals surface area contributed by atoms with Crippen LogP contribution in [0.1, 0.15) is 5.56 Å². The molecular formula is C9H6ClFO2. The van der Waals surface area contributed by atoms with Crippen LogP contribution in [0.5, 0.6) is 0 Å². The third-order valence-electron chi connectivity index (χ3n) is 1.36. The van der Waals surface area contributed by atoms with Crippen molar-refractivity contribution in [3.8, 4) is 0 Å². The van der Waals surface area contributed by atoms with E-state index in [1.807, 2.05) is 0 Å². The highest BCUT2D eigenvalue weighted by Crippen LogP contribution is 2.15. The number of hydrogen-bond acceptors (Lipinski definition) is 1. The van der Waals surface area contributed by atoms with E-state index in [1.165, 1.54) is 18.2 Å². The maximum Gasteiger partial charge on any atom is 0.328 e. The van der Waals surface area contributed by atoms with Gasteiger partial charge >= 0.3 is 5.97 Å². The quantitative estimate of drug-likeness (QED) is 0.745. The van der Waals surface area contributed by atoms with Crippen molar-refractivity contribution in [3.63, 3.8) is 0 Å². The van der Waals surface area contributed by atoms with Gasteiger partial charge in [0.2, 0.25) is 0 Å². The Hall–Kier alpha value is -1.35. The highest BCUT2D eigenvalue weighted by atomic mass is 35.5. The van der Waals surface area contributed by atoms with Gasteiger partial charge < -0.3 is 5.11 Å².